The summed E-state index contributed by atoms with van der Waals surface area (Å²) in [6.07, 6.45) is 15.9. The second-order valence-corrected chi connectivity index (χ2v) is 12.3. The summed E-state index contributed by atoms with van der Waals surface area (Å²) in [7, 11) is 0. The molecule has 2 aliphatic carbocycles. The van der Waals surface area contributed by atoms with Gasteiger partial charge in [0.15, 0.2) is 5.78 Å². The Morgan fingerprint density at radius 2 is 1.82 bits per heavy atom. The van der Waals surface area contributed by atoms with Crippen molar-refractivity contribution in [3.05, 3.63) is 77.0 Å². The van der Waals surface area contributed by atoms with Crippen molar-refractivity contribution >= 4 is 11.9 Å². The van der Waals surface area contributed by atoms with E-state index in [9.17, 15) is 10.1 Å². The van der Waals surface area contributed by atoms with Gasteiger partial charge in [-0.1, -0.05) is 83.6 Å². The first-order chi connectivity index (χ1) is 19.5. The molecule has 0 bridgehead atoms. The van der Waals surface area contributed by atoms with Gasteiger partial charge in [0.1, 0.15) is 5.69 Å². The first kappa shape index (κ1) is 28.1. The summed E-state index contributed by atoms with van der Waals surface area (Å²) in [5, 5.41) is 14.2. The van der Waals surface area contributed by atoms with Gasteiger partial charge in [0.05, 0.1) is 23.0 Å². The van der Waals surface area contributed by atoms with E-state index in [0.29, 0.717) is 35.4 Å². The zero-order valence-electron chi connectivity index (χ0n) is 24.4. The summed E-state index contributed by atoms with van der Waals surface area (Å²) in [6, 6.07) is 18.4. The highest BCUT2D eigenvalue weighted by Gasteiger charge is 2.25. The fourth-order valence-corrected chi connectivity index (χ4v) is 6.75. The predicted octanol–water partition coefficient (Wildman–Crippen LogP) is 9.53. The van der Waals surface area contributed by atoms with Gasteiger partial charge >= 0.3 is 0 Å². The van der Waals surface area contributed by atoms with Crippen LogP contribution in [0.2, 0.25) is 0 Å². The Morgan fingerprint density at radius 1 is 1.02 bits per heavy atom. The molecule has 2 aliphatic rings. The quantitative estimate of drug-likeness (QED) is 0.284. The topological polar surface area (TPSA) is 58.7 Å². The number of nitrogens with zero attached hydrogens (tertiary/aromatic N) is 3. The summed E-state index contributed by atoms with van der Waals surface area (Å²) in [5.41, 5.74) is 6.67. The molecule has 40 heavy (non-hydrogen) atoms. The summed E-state index contributed by atoms with van der Waals surface area (Å²) in [5.74, 6) is 2.50. The molecule has 0 amide bonds. The number of allylic oxidation sites excluding steroid dienone is 1. The van der Waals surface area contributed by atoms with Gasteiger partial charge in [-0.25, -0.2) is 4.68 Å². The van der Waals surface area contributed by atoms with Crippen molar-refractivity contribution in [1.82, 2.24) is 9.78 Å². The van der Waals surface area contributed by atoms with Crippen molar-refractivity contribution in [1.29, 1.82) is 5.26 Å². The van der Waals surface area contributed by atoms with Gasteiger partial charge in [-0.15, -0.1) is 0 Å². The Labute approximate surface area is 240 Å². The Morgan fingerprint density at radius 3 is 2.60 bits per heavy atom. The number of nitriles is 1. The predicted molar refractivity (Wildman–Crippen MR) is 163 cm³/mol. The Hall–Kier alpha value is -3.45. The summed E-state index contributed by atoms with van der Waals surface area (Å²) in [6.45, 7) is 6.98. The van der Waals surface area contributed by atoms with Crippen molar-refractivity contribution < 1.29 is 4.79 Å². The van der Waals surface area contributed by atoms with Crippen molar-refractivity contribution in [2.75, 3.05) is 0 Å². The molecule has 0 saturated heterocycles. The third-order valence-corrected chi connectivity index (χ3v) is 9.21. The second kappa shape index (κ2) is 12.8. The van der Waals surface area contributed by atoms with Crippen LogP contribution in [-0.2, 0) is 0 Å². The minimum atomic E-state index is 0.137. The number of hydrogen-bond acceptors (Lipinski definition) is 3. The minimum Gasteiger partial charge on any atom is -0.292 e. The average Bonchev–Trinajstić information content (AvgIpc) is 3.35. The average molecular weight is 534 g/mol. The zero-order valence-corrected chi connectivity index (χ0v) is 24.4. The highest BCUT2D eigenvalue weighted by molar-refractivity contribution is 5.95. The van der Waals surface area contributed by atoms with E-state index < -0.39 is 0 Å². The fourth-order valence-electron chi connectivity index (χ4n) is 6.75. The van der Waals surface area contributed by atoms with Crippen LogP contribution in [0.1, 0.15) is 118 Å². The number of ketones is 1. The first-order valence-electron chi connectivity index (χ1n) is 15.4. The lowest BCUT2D eigenvalue weighted by atomic mass is 9.81. The van der Waals surface area contributed by atoms with Crippen LogP contribution >= 0.6 is 0 Å². The van der Waals surface area contributed by atoms with Crippen LogP contribution in [0.5, 0.6) is 0 Å². The molecule has 0 N–H and O–H groups in total. The van der Waals surface area contributed by atoms with E-state index in [1.807, 2.05) is 35.0 Å². The van der Waals surface area contributed by atoms with Crippen LogP contribution in [0.3, 0.4) is 0 Å². The van der Waals surface area contributed by atoms with E-state index >= 15 is 0 Å². The number of rotatable bonds is 7. The summed E-state index contributed by atoms with van der Waals surface area (Å²) >= 11 is 0. The molecule has 3 aromatic rings. The highest BCUT2D eigenvalue weighted by Crippen LogP contribution is 2.39. The van der Waals surface area contributed by atoms with E-state index in [4.69, 9.17) is 5.10 Å². The number of aromatic nitrogens is 2. The van der Waals surface area contributed by atoms with Gasteiger partial charge in [-0.05, 0) is 90.5 Å². The third-order valence-electron chi connectivity index (χ3n) is 9.21. The summed E-state index contributed by atoms with van der Waals surface area (Å²) < 4.78 is 1.89. The maximum Gasteiger partial charge on any atom is 0.183 e. The molecule has 0 aliphatic heterocycles. The zero-order chi connectivity index (χ0) is 28.1. The van der Waals surface area contributed by atoms with Gasteiger partial charge < -0.3 is 0 Å². The highest BCUT2D eigenvalue weighted by atomic mass is 16.1. The molecule has 1 aromatic heterocycles. The maximum atomic E-state index is 13.6. The molecule has 208 valence electrons. The van der Waals surface area contributed by atoms with Gasteiger partial charge in [-0.3, -0.25) is 4.79 Å². The van der Waals surface area contributed by atoms with Gasteiger partial charge in [-0.2, -0.15) is 10.4 Å². The molecular weight excluding hydrogens is 490 g/mol. The standard InChI is InChI=1S/C36H43N3O/c1-4-8-32-26(3)10-7-12-29-22-30(17-20-33(29)32)35-23-34(38-39(35)31-18-15-28(24-37)16-19-31)36(40)21-27-11-6-5-9-25(2)13-14-27/h7,12,15-20,22-23,25-27,32H,4-6,8-11,13-14,21H2,1-3H3. The number of Topliss-reactive ketones (excluding diaryl/α,β-unsaturated/α-hetero) is 1. The van der Waals surface area contributed by atoms with Crippen LogP contribution < -0.4 is 0 Å². The van der Waals surface area contributed by atoms with Crippen molar-refractivity contribution in [3.8, 4) is 23.0 Å². The first-order valence-corrected chi connectivity index (χ1v) is 15.4. The molecular formula is C36H43N3O. The lowest BCUT2D eigenvalue weighted by Crippen LogP contribution is -2.13. The van der Waals surface area contributed by atoms with E-state index in [1.54, 1.807) is 0 Å². The molecule has 0 spiro atoms. The maximum absolute atomic E-state index is 13.6. The fraction of sp³-hybridized carbons (Fsp3) is 0.472. The Bertz CT molecular complexity index is 1390. The molecule has 0 radical (unpaired) electrons. The Kier molecular flexibility index (Phi) is 9.00. The number of carbonyl (C=O) groups excluding carboxylic acids is 1. The van der Waals surface area contributed by atoms with E-state index in [2.05, 4.69) is 57.2 Å². The molecule has 1 saturated carbocycles. The number of carbonyl (C=O) groups is 1. The molecule has 5 rings (SSSR count). The van der Waals surface area contributed by atoms with Crippen LogP contribution in [0.4, 0.5) is 0 Å². The number of hydrogen-bond donors (Lipinski definition) is 0. The SMILES string of the molecule is CCCC1c2ccc(-c3cc(C(=O)CC4CCCCC(C)CC4)nn3-c3ccc(C#N)cc3)cc2C=CCC1C. The van der Waals surface area contributed by atoms with Crippen molar-refractivity contribution in [3.63, 3.8) is 0 Å². The lowest BCUT2D eigenvalue weighted by molar-refractivity contribution is 0.0946. The van der Waals surface area contributed by atoms with E-state index in [1.165, 1.54) is 49.7 Å². The third kappa shape index (κ3) is 6.30. The Balaban J connectivity index is 1.51. The van der Waals surface area contributed by atoms with Crippen LogP contribution in [0.25, 0.3) is 23.0 Å². The lowest BCUT2D eigenvalue weighted by Gasteiger charge is -2.23. The largest absolute Gasteiger partial charge is 0.292 e. The van der Waals surface area contributed by atoms with Crippen LogP contribution in [0, 0.1) is 29.1 Å². The molecule has 4 atom stereocenters. The van der Waals surface area contributed by atoms with E-state index in [0.717, 1.165) is 42.1 Å². The van der Waals surface area contributed by atoms with E-state index in [-0.39, 0.29) is 5.78 Å². The minimum absolute atomic E-state index is 0.137. The summed E-state index contributed by atoms with van der Waals surface area (Å²) in [4.78, 5) is 13.6. The smallest absolute Gasteiger partial charge is 0.183 e. The van der Waals surface area contributed by atoms with Crippen LogP contribution in [0.15, 0.2) is 54.6 Å². The normalized spacial score (nSPS) is 22.9. The molecule has 1 heterocycles. The molecule has 1 fully saturated rings. The molecule has 4 unspecified atom stereocenters. The van der Waals surface area contributed by atoms with Gasteiger partial charge in [0, 0.05) is 12.0 Å². The molecule has 2 aromatic carbocycles. The molecule has 4 nitrogen and oxygen atoms in total. The van der Waals surface area contributed by atoms with Crippen molar-refractivity contribution in [2.24, 2.45) is 17.8 Å². The van der Waals surface area contributed by atoms with Crippen molar-refractivity contribution in [2.45, 2.75) is 90.9 Å². The van der Waals surface area contributed by atoms with Crippen LogP contribution in [-0.4, -0.2) is 15.6 Å². The van der Waals surface area contributed by atoms with Gasteiger partial charge in [0.25, 0.3) is 0 Å². The second-order valence-electron chi connectivity index (χ2n) is 12.3. The van der Waals surface area contributed by atoms with Gasteiger partial charge in [0.2, 0.25) is 0 Å². The number of fused-ring (bicyclic) bond motifs is 1. The monoisotopic (exact) mass is 533 g/mol. The number of benzene rings is 2. The molecule has 4 heteroatoms.